The second kappa shape index (κ2) is 9.16. The third kappa shape index (κ3) is 5.38. The summed E-state index contributed by atoms with van der Waals surface area (Å²) >= 11 is 1.39. The van der Waals surface area contributed by atoms with Crippen molar-refractivity contribution in [2.24, 2.45) is 0 Å². The van der Waals surface area contributed by atoms with Gasteiger partial charge in [0.2, 0.25) is 11.8 Å². The van der Waals surface area contributed by atoms with Crippen LogP contribution in [-0.4, -0.2) is 64.0 Å². The third-order valence-corrected chi connectivity index (χ3v) is 6.11. The zero-order valence-electron chi connectivity index (χ0n) is 17.8. The second-order valence-electron chi connectivity index (χ2n) is 8.70. The Balaban J connectivity index is 1.53. The lowest BCUT2D eigenvalue weighted by atomic mass is 9.94. The zero-order valence-corrected chi connectivity index (χ0v) is 18.7. The predicted octanol–water partition coefficient (Wildman–Crippen LogP) is 3.37. The van der Waals surface area contributed by atoms with Gasteiger partial charge in [0.1, 0.15) is 11.6 Å². The van der Waals surface area contributed by atoms with Crippen molar-refractivity contribution in [2.45, 2.75) is 64.0 Å². The van der Waals surface area contributed by atoms with Gasteiger partial charge in [-0.05, 0) is 52.5 Å². The Bertz CT molecular complexity index is 808. The van der Waals surface area contributed by atoms with E-state index in [0.717, 1.165) is 25.0 Å². The average molecular weight is 435 g/mol. The smallest absolute Gasteiger partial charge is 0.410 e. The van der Waals surface area contributed by atoms with E-state index >= 15 is 0 Å². The van der Waals surface area contributed by atoms with Crippen molar-refractivity contribution in [3.63, 3.8) is 0 Å². The highest BCUT2D eigenvalue weighted by molar-refractivity contribution is 7.13. The molecule has 0 aromatic carbocycles. The summed E-state index contributed by atoms with van der Waals surface area (Å²) in [4.78, 5) is 44.7. The van der Waals surface area contributed by atoms with Gasteiger partial charge in [0.05, 0.1) is 5.69 Å². The number of carbonyl (C=O) groups is 3. The van der Waals surface area contributed by atoms with Crippen molar-refractivity contribution in [3.8, 4) is 0 Å². The number of piperidine rings is 1. The number of likely N-dealkylation sites (tertiary alicyclic amines) is 2. The molecule has 2 aliphatic rings. The first-order valence-electron chi connectivity index (χ1n) is 10.3. The van der Waals surface area contributed by atoms with E-state index in [-0.39, 0.29) is 23.8 Å². The normalized spacial score (nSPS) is 20.2. The Morgan fingerprint density at radius 1 is 1.23 bits per heavy atom. The van der Waals surface area contributed by atoms with Gasteiger partial charge >= 0.3 is 6.09 Å². The van der Waals surface area contributed by atoms with Crippen molar-refractivity contribution in [1.29, 1.82) is 0 Å². The number of nitrogens with zero attached hydrogens (tertiary/aromatic N) is 3. The molecule has 0 bridgehead atoms. The lowest BCUT2D eigenvalue weighted by molar-refractivity contribution is -0.132. The molecule has 1 unspecified atom stereocenters. The standard InChI is InChI=1S/C21H30N4O4S/c1-5-17(26)25-10-6-7-16(25)18(27)23-19-22-15(13-30-19)14-8-11-24(12-9-14)20(28)29-21(2,3)4/h5,13-14,16H,1,6-12H2,2-4H3,(H,22,23,27). The molecular weight excluding hydrogens is 404 g/mol. The van der Waals surface area contributed by atoms with Crippen molar-refractivity contribution in [2.75, 3.05) is 25.0 Å². The van der Waals surface area contributed by atoms with Crippen molar-refractivity contribution >= 4 is 34.4 Å². The van der Waals surface area contributed by atoms with Crippen LogP contribution in [-0.2, 0) is 14.3 Å². The Labute approximate surface area is 181 Å². The maximum Gasteiger partial charge on any atom is 0.410 e. The van der Waals surface area contributed by atoms with Crippen LogP contribution in [0, 0.1) is 0 Å². The number of carbonyl (C=O) groups excluding carboxylic acids is 3. The van der Waals surface area contributed by atoms with Gasteiger partial charge in [-0.3, -0.25) is 9.59 Å². The van der Waals surface area contributed by atoms with E-state index < -0.39 is 11.6 Å². The fourth-order valence-corrected chi connectivity index (χ4v) is 4.62. The number of thiazole rings is 1. The lowest BCUT2D eigenvalue weighted by Gasteiger charge is -2.32. The van der Waals surface area contributed by atoms with Crippen molar-refractivity contribution < 1.29 is 19.1 Å². The minimum atomic E-state index is -0.499. The summed E-state index contributed by atoms with van der Waals surface area (Å²) in [7, 11) is 0. The SMILES string of the molecule is C=CC(=O)N1CCCC1C(=O)Nc1nc(C2CCN(C(=O)OC(C)(C)C)CC2)cs1. The molecule has 1 aromatic heterocycles. The van der Waals surface area contributed by atoms with Gasteiger partial charge in [-0.2, -0.15) is 0 Å². The fourth-order valence-electron chi connectivity index (χ4n) is 3.82. The van der Waals surface area contributed by atoms with Crippen LogP contribution in [0.3, 0.4) is 0 Å². The third-order valence-electron chi connectivity index (χ3n) is 5.33. The average Bonchev–Trinajstić information content (AvgIpc) is 3.36. The Morgan fingerprint density at radius 2 is 1.93 bits per heavy atom. The number of anilines is 1. The molecule has 1 N–H and O–H groups in total. The van der Waals surface area contributed by atoms with E-state index in [1.807, 2.05) is 26.2 Å². The number of aromatic nitrogens is 1. The number of rotatable bonds is 4. The van der Waals surface area contributed by atoms with Crippen LogP contribution in [0.1, 0.15) is 58.1 Å². The molecule has 0 saturated carbocycles. The van der Waals surface area contributed by atoms with Crippen LogP contribution in [0.4, 0.5) is 9.93 Å². The van der Waals surface area contributed by atoms with Crippen LogP contribution >= 0.6 is 11.3 Å². The summed E-state index contributed by atoms with van der Waals surface area (Å²) in [5, 5.41) is 5.37. The van der Waals surface area contributed by atoms with Gasteiger partial charge < -0.3 is 19.9 Å². The highest BCUT2D eigenvalue weighted by Crippen LogP contribution is 2.31. The zero-order chi connectivity index (χ0) is 21.9. The van der Waals surface area contributed by atoms with Gasteiger partial charge in [0, 0.05) is 30.9 Å². The summed E-state index contributed by atoms with van der Waals surface area (Å²) in [5.41, 5.74) is 0.436. The van der Waals surface area contributed by atoms with Crippen molar-refractivity contribution in [3.05, 3.63) is 23.7 Å². The molecular formula is C21H30N4O4S. The molecule has 0 spiro atoms. The van der Waals surface area contributed by atoms with E-state index in [2.05, 4.69) is 16.9 Å². The number of amides is 3. The minimum Gasteiger partial charge on any atom is -0.444 e. The first-order valence-corrected chi connectivity index (χ1v) is 11.2. The summed E-state index contributed by atoms with van der Waals surface area (Å²) in [6.07, 6.45) is 4.03. The quantitative estimate of drug-likeness (QED) is 0.734. The number of hydrogen-bond donors (Lipinski definition) is 1. The molecule has 2 saturated heterocycles. The molecule has 3 amide bonds. The summed E-state index contributed by atoms with van der Waals surface area (Å²) < 4.78 is 5.44. The van der Waals surface area contributed by atoms with Gasteiger partial charge in [0.15, 0.2) is 5.13 Å². The Hall–Kier alpha value is -2.42. The highest BCUT2D eigenvalue weighted by atomic mass is 32.1. The van der Waals surface area contributed by atoms with Gasteiger partial charge in [-0.1, -0.05) is 6.58 Å². The molecule has 0 radical (unpaired) electrons. The summed E-state index contributed by atoms with van der Waals surface area (Å²) in [5.74, 6) is -0.177. The van der Waals surface area contributed by atoms with Crippen LogP contribution in [0.15, 0.2) is 18.0 Å². The molecule has 1 aromatic rings. The molecule has 2 fully saturated rings. The monoisotopic (exact) mass is 434 g/mol. The molecule has 3 rings (SSSR count). The van der Waals surface area contributed by atoms with Gasteiger partial charge in [-0.25, -0.2) is 9.78 Å². The fraction of sp³-hybridized carbons (Fsp3) is 0.619. The first kappa shape index (κ1) is 22.3. The molecule has 0 aliphatic carbocycles. The van der Waals surface area contributed by atoms with E-state index in [0.29, 0.717) is 31.2 Å². The Kier molecular flexibility index (Phi) is 6.80. The molecule has 9 heteroatoms. The number of ether oxygens (including phenoxy) is 1. The van der Waals surface area contributed by atoms with Crippen LogP contribution < -0.4 is 5.32 Å². The lowest BCUT2D eigenvalue weighted by Crippen LogP contribution is -2.42. The van der Waals surface area contributed by atoms with E-state index in [1.165, 1.54) is 17.4 Å². The van der Waals surface area contributed by atoms with E-state index in [4.69, 9.17) is 4.74 Å². The van der Waals surface area contributed by atoms with Gasteiger partial charge in [-0.15, -0.1) is 11.3 Å². The van der Waals surface area contributed by atoms with Crippen LogP contribution in [0.2, 0.25) is 0 Å². The topological polar surface area (TPSA) is 91.8 Å². The molecule has 164 valence electrons. The molecule has 3 heterocycles. The molecule has 1 atom stereocenters. The molecule has 8 nitrogen and oxygen atoms in total. The van der Waals surface area contributed by atoms with E-state index in [1.54, 1.807) is 9.80 Å². The van der Waals surface area contributed by atoms with Crippen LogP contribution in [0.25, 0.3) is 0 Å². The van der Waals surface area contributed by atoms with Crippen molar-refractivity contribution in [1.82, 2.24) is 14.8 Å². The molecule has 30 heavy (non-hydrogen) atoms. The molecule has 2 aliphatic heterocycles. The van der Waals surface area contributed by atoms with Crippen LogP contribution in [0.5, 0.6) is 0 Å². The summed E-state index contributed by atoms with van der Waals surface area (Å²) in [6, 6.07) is -0.472. The first-order chi connectivity index (χ1) is 14.2. The Morgan fingerprint density at radius 3 is 2.57 bits per heavy atom. The predicted molar refractivity (Wildman–Crippen MR) is 115 cm³/mol. The highest BCUT2D eigenvalue weighted by Gasteiger charge is 2.34. The number of nitrogens with one attached hydrogen (secondary N) is 1. The van der Waals surface area contributed by atoms with E-state index in [9.17, 15) is 14.4 Å². The number of hydrogen-bond acceptors (Lipinski definition) is 6. The second-order valence-corrected chi connectivity index (χ2v) is 9.56. The summed E-state index contributed by atoms with van der Waals surface area (Å²) in [6.45, 7) is 10.9. The maximum absolute atomic E-state index is 12.6. The minimum absolute atomic E-state index is 0.205. The van der Waals surface area contributed by atoms with Gasteiger partial charge in [0.25, 0.3) is 0 Å². The maximum atomic E-state index is 12.6. The largest absolute Gasteiger partial charge is 0.444 e.